The number of aliphatic hydroxyl groups is 1. The van der Waals surface area contributed by atoms with Gasteiger partial charge in [-0.2, -0.15) is 0 Å². The van der Waals surface area contributed by atoms with Gasteiger partial charge in [0.15, 0.2) is 0 Å². The van der Waals surface area contributed by atoms with Gasteiger partial charge < -0.3 is 24.4 Å². The average molecular weight is 509 g/mol. The highest BCUT2D eigenvalue weighted by atomic mass is 16.5. The van der Waals surface area contributed by atoms with Gasteiger partial charge in [0.2, 0.25) is 0 Å². The van der Waals surface area contributed by atoms with E-state index in [9.17, 15) is 14.7 Å². The Kier molecular flexibility index (Phi) is 10.6. The molecule has 2 aromatic rings. The highest BCUT2D eigenvalue weighted by Crippen LogP contribution is 2.40. The standard InChI is InChI=1S/C30H40N2O5/c1-5-9-20-37-24-15-13-22(14-16-24)27-26(28(33)23-11-10-12-25(21-23)36-19-6-2)29(34)30(35)32(27)18-17-31(7-3)8-4/h10-16,21,27,33H,5-9,17-20H2,1-4H3. The van der Waals surface area contributed by atoms with Crippen LogP contribution in [0, 0.1) is 0 Å². The largest absolute Gasteiger partial charge is 0.507 e. The summed E-state index contributed by atoms with van der Waals surface area (Å²) in [4.78, 5) is 30.3. The van der Waals surface area contributed by atoms with E-state index in [2.05, 4.69) is 25.7 Å². The summed E-state index contributed by atoms with van der Waals surface area (Å²) >= 11 is 0. The van der Waals surface area contributed by atoms with E-state index in [1.807, 2.05) is 37.3 Å². The zero-order chi connectivity index (χ0) is 26.8. The Hall–Kier alpha value is -3.32. The number of likely N-dealkylation sites (tertiary alicyclic amines) is 1. The molecule has 7 heteroatoms. The van der Waals surface area contributed by atoms with E-state index >= 15 is 0 Å². The van der Waals surface area contributed by atoms with E-state index in [1.54, 1.807) is 23.1 Å². The summed E-state index contributed by atoms with van der Waals surface area (Å²) < 4.78 is 11.5. The number of Topliss-reactive ketones (excluding diaryl/α,β-unsaturated/α-hetero) is 1. The van der Waals surface area contributed by atoms with Crippen LogP contribution in [-0.2, 0) is 9.59 Å². The second-order valence-electron chi connectivity index (χ2n) is 9.17. The number of amides is 1. The monoisotopic (exact) mass is 508 g/mol. The number of carbonyl (C=O) groups excluding carboxylic acids is 2. The second kappa shape index (κ2) is 13.8. The summed E-state index contributed by atoms with van der Waals surface area (Å²) in [6.45, 7) is 12.2. The Bertz CT molecular complexity index is 1080. The lowest BCUT2D eigenvalue weighted by molar-refractivity contribution is -0.140. The third kappa shape index (κ3) is 6.92. The van der Waals surface area contributed by atoms with Crippen LogP contribution in [0.15, 0.2) is 54.1 Å². The van der Waals surface area contributed by atoms with Crippen molar-refractivity contribution in [2.45, 2.75) is 53.0 Å². The zero-order valence-corrected chi connectivity index (χ0v) is 22.5. The minimum absolute atomic E-state index is 0.0943. The summed E-state index contributed by atoms with van der Waals surface area (Å²) in [5.41, 5.74) is 1.29. The van der Waals surface area contributed by atoms with E-state index < -0.39 is 17.7 Å². The molecule has 1 aliphatic rings. The van der Waals surface area contributed by atoms with Gasteiger partial charge in [0.1, 0.15) is 17.3 Å². The van der Waals surface area contributed by atoms with E-state index in [0.29, 0.717) is 37.6 Å². The summed E-state index contributed by atoms with van der Waals surface area (Å²) in [5.74, 6) is -0.130. The first-order valence-corrected chi connectivity index (χ1v) is 13.4. The number of rotatable bonds is 14. The molecule has 1 amide bonds. The van der Waals surface area contributed by atoms with Gasteiger partial charge in [-0.05, 0) is 55.8 Å². The van der Waals surface area contributed by atoms with Gasteiger partial charge in [-0.3, -0.25) is 9.59 Å². The van der Waals surface area contributed by atoms with Crippen LogP contribution in [0.5, 0.6) is 11.5 Å². The van der Waals surface area contributed by atoms with Crippen LogP contribution in [0.2, 0.25) is 0 Å². The maximum absolute atomic E-state index is 13.3. The third-order valence-corrected chi connectivity index (χ3v) is 6.63. The molecule has 0 aromatic heterocycles. The molecule has 2 aromatic carbocycles. The van der Waals surface area contributed by atoms with Crippen LogP contribution in [0.4, 0.5) is 0 Å². The van der Waals surface area contributed by atoms with E-state index in [1.165, 1.54) is 0 Å². The quantitative estimate of drug-likeness (QED) is 0.159. The van der Waals surface area contributed by atoms with Crippen LogP contribution in [0.25, 0.3) is 5.76 Å². The molecule has 1 fully saturated rings. The number of ether oxygens (including phenoxy) is 2. The molecule has 1 saturated heterocycles. The molecule has 1 unspecified atom stereocenters. The van der Waals surface area contributed by atoms with E-state index in [-0.39, 0.29) is 11.3 Å². The van der Waals surface area contributed by atoms with Crippen LogP contribution >= 0.6 is 0 Å². The van der Waals surface area contributed by atoms with Crippen molar-refractivity contribution in [3.05, 3.63) is 65.2 Å². The molecule has 37 heavy (non-hydrogen) atoms. The molecule has 0 bridgehead atoms. The number of unbranched alkanes of at least 4 members (excludes halogenated alkanes) is 1. The number of ketones is 1. The number of benzene rings is 2. The fourth-order valence-electron chi connectivity index (χ4n) is 4.44. The maximum Gasteiger partial charge on any atom is 0.295 e. The van der Waals surface area contributed by atoms with Gasteiger partial charge in [0, 0.05) is 18.7 Å². The van der Waals surface area contributed by atoms with Crippen LogP contribution < -0.4 is 9.47 Å². The zero-order valence-electron chi connectivity index (χ0n) is 22.5. The Morgan fingerprint density at radius 3 is 2.27 bits per heavy atom. The smallest absolute Gasteiger partial charge is 0.295 e. The van der Waals surface area contributed by atoms with Gasteiger partial charge in [0.05, 0.1) is 24.8 Å². The van der Waals surface area contributed by atoms with E-state index in [4.69, 9.17) is 9.47 Å². The molecule has 1 N–H and O–H groups in total. The molecule has 7 nitrogen and oxygen atoms in total. The second-order valence-corrected chi connectivity index (χ2v) is 9.17. The first-order valence-electron chi connectivity index (χ1n) is 13.4. The normalized spacial score (nSPS) is 17.0. The minimum Gasteiger partial charge on any atom is -0.507 e. The van der Waals surface area contributed by atoms with Crippen molar-refractivity contribution in [3.63, 3.8) is 0 Å². The number of carbonyl (C=O) groups is 2. The fraction of sp³-hybridized carbons (Fsp3) is 0.467. The SMILES string of the molecule is CCCCOc1ccc(C2C(=C(O)c3cccc(OCCC)c3)C(=O)C(=O)N2CCN(CC)CC)cc1. The van der Waals surface area contributed by atoms with Gasteiger partial charge >= 0.3 is 0 Å². The van der Waals surface area contributed by atoms with Crippen molar-refractivity contribution in [2.24, 2.45) is 0 Å². The van der Waals surface area contributed by atoms with Gasteiger partial charge in [0.25, 0.3) is 11.7 Å². The van der Waals surface area contributed by atoms with Gasteiger partial charge in [-0.1, -0.05) is 58.4 Å². The molecule has 1 atom stereocenters. The van der Waals surface area contributed by atoms with E-state index in [0.717, 1.165) is 43.7 Å². The summed E-state index contributed by atoms with van der Waals surface area (Å²) in [6, 6.07) is 13.8. The number of hydrogen-bond donors (Lipinski definition) is 1. The van der Waals surface area contributed by atoms with Crippen molar-refractivity contribution in [2.75, 3.05) is 39.4 Å². The molecule has 0 aliphatic carbocycles. The van der Waals surface area contributed by atoms with Crippen molar-refractivity contribution in [3.8, 4) is 11.5 Å². The lowest BCUT2D eigenvalue weighted by atomic mass is 9.95. The maximum atomic E-state index is 13.3. The third-order valence-electron chi connectivity index (χ3n) is 6.63. The van der Waals surface area contributed by atoms with Crippen molar-refractivity contribution >= 4 is 17.4 Å². The van der Waals surface area contributed by atoms with Crippen LogP contribution in [-0.4, -0.2) is 66.0 Å². The molecule has 3 rings (SSSR count). The molecule has 0 spiro atoms. The highest BCUT2D eigenvalue weighted by molar-refractivity contribution is 6.46. The van der Waals surface area contributed by atoms with Crippen molar-refractivity contribution < 1.29 is 24.2 Å². The predicted octanol–water partition coefficient (Wildman–Crippen LogP) is 5.42. The lowest BCUT2D eigenvalue weighted by Gasteiger charge is -2.28. The molecule has 1 heterocycles. The summed E-state index contributed by atoms with van der Waals surface area (Å²) in [7, 11) is 0. The topological polar surface area (TPSA) is 79.3 Å². The van der Waals surface area contributed by atoms with Crippen molar-refractivity contribution in [1.29, 1.82) is 0 Å². The molecular formula is C30H40N2O5. The Morgan fingerprint density at radius 2 is 1.62 bits per heavy atom. The average Bonchev–Trinajstić information content (AvgIpc) is 3.17. The molecule has 1 aliphatic heterocycles. The van der Waals surface area contributed by atoms with Gasteiger partial charge in [-0.15, -0.1) is 0 Å². The molecule has 200 valence electrons. The number of nitrogens with zero attached hydrogens (tertiary/aromatic N) is 2. The number of hydrogen-bond acceptors (Lipinski definition) is 6. The lowest BCUT2D eigenvalue weighted by Crippen LogP contribution is -2.38. The van der Waals surface area contributed by atoms with Crippen LogP contribution in [0.1, 0.15) is 64.1 Å². The first kappa shape index (κ1) is 28.3. The number of aliphatic hydroxyl groups excluding tert-OH is 1. The predicted molar refractivity (Wildman–Crippen MR) is 146 cm³/mol. The molecular weight excluding hydrogens is 468 g/mol. The summed E-state index contributed by atoms with van der Waals surface area (Å²) in [5, 5.41) is 11.4. The van der Waals surface area contributed by atoms with Crippen LogP contribution in [0.3, 0.4) is 0 Å². The number of likely N-dealkylation sites (N-methyl/N-ethyl adjacent to an activating group) is 1. The van der Waals surface area contributed by atoms with Crippen molar-refractivity contribution in [1.82, 2.24) is 9.80 Å². The molecule has 0 radical (unpaired) electrons. The Labute approximate surface area is 220 Å². The Balaban J connectivity index is 2.02. The first-order chi connectivity index (χ1) is 17.9. The minimum atomic E-state index is -0.694. The fourth-order valence-corrected chi connectivity index (χ4v) is 4.44. The molecule has 0 saturated carbocycles. The highest BCUT2D eigenvalue weighted by Gasteiger charge is 2.46. The summed E-state index contributed by atoms with van der Waals surface area (Å²) in [6.07, 6.45) is 2.87. The van der Waals surface area contributed by atoms with Gasteiger partial charge in [-0.25, -0.2) is 0 Å². The Morgan fingerprint density at radius 1 is 0.919 bits per heavy atom.